The fourth-order valence-corrected chi connectivity index (χ4v) is 5.45. The number of carbonyl (C=O) groups is 1. The molecule has 10 nitrogen and oxygen atoms in total. The summed E-state index contributed by atoms with van der Waals surface area (Å²) in [5.74, 6) is 1.48. The summed E-state index contributed by atoms with van der Waals surface area (Å²) >= 11 is 0. The van der Waals surface area contributed by atoms with Gasteiger partial charge in [-0.15, -0.1) is 0 Å². The summed E-state index contributed by atoms with van der Waals surface area (Å²) < 4.78 is 7.38. The number of methoxy groups -OCH3 is 1. The first-order valence-corrected chi connectivity index (χ1v) is 13.3. The highest BCUT2D eigenvalue weighted by atomic mass is 16.5. The number of hydrogen-bond acceptors (Lipinski definition) is 6. The van der Waals surface area contributed by atoms with Crippen molar-refractivity contribution in [3.8, 4) is 11.4 Å². The average molecular weight is 530 g/mol. The summed E-state index contributed by atoms with van der Waals surface area (Å²) in [6, 6.07) is 17.2. The molecular weight excluding hydrogens is 494 g/mol. The van der Waals surface area contributed by atoms with Crippen LogP contribution in [0.4, 0.5) is 16.3 Å². The van der Waals surface area contributed by atoms with Gasteiger partial charge < -0.3 is 20.4 Å². The predicted molar refractivity (Wildman–Crippen MR) is 154 cm³/mol. The number of nitrogens with two attached hydrogens (primary N) is 1. The molecular formula is C29H35N7O3. The Kier molecular flexibility index (Phi) is 7.83. The van der Waals surface area contributed by atoms with E-state index in [1.54, 1.807) is 12.0 Å². The maximum atomic E-state index is 12.7. The van der Waals surface area contributed by atoms with Gasteiger partial charge in [-0.2, -0.15) is 0 Å². The van der Waals surface area contributed by atoms with Gasteiger partial charge in [0.15, 0.2) is 5.65 Å². The van der Waals surface area contributed by atoms with Gasteiger partial charge >= 0.3 is 6.03 Å². The van der Waals surface area contributed by atoms with E-state index in [1.165, 1.54) is 6.33 Å². The number of rotatable bonds is 9. The van der Waals surface area contributed by atoms with Gasteiger partial charge in [0.1, 0.15) is 11.6 Å². The van der Waals surface area contributed by atoms with E-state index in [0.29, 0.717) is 29.0 Å². The number of hydrogen-bond donors (Lipinski definition) is 2. The molecule has 1 fully saturated rings. The van der Waals surface area contributed by atoms with Gasteiger partial charge in [-0.25, -0.2) is 9.78 Å². The Morgan fingerprint density at radius 1 is 1.05 bits per heavy atom. The zero-order valence-corrected chi connectivity index (χ0v) is 22.5. The second kappa shape index (κ2) is 11.6. The summed E-state index contributed by atoms with van der Waals surface area (Å²) in [5, 5.41) is 0.454. The number of aromatic amines is 1. The monoisotopic (exact) mass is 529 g/mol. The second-order valence-electron chi connectivity index (χ2n) is 9.75. The fourth-order valence-electron chi connectivity index (χ4n) is 5.45. The van der Waals surface area contributed by atoms with Gasteiger partial charge in [0.2, 0.25) is 0 Å². The number of nitrogens with one attached hydrogen (secondary N) is 1. The maximum Gasteiger partial charge on any atom is 0.320 e. The predicted octanol–water partition coefficient (Wildman–Crippen LogP) is 3.52. The number of piperazine rings is 1. The lowest BCUT2D eigenvalue weighted by Crippen LogP contribution is -2.46. The van der Waals surface area contributed by atoms with Crippen molar-refractivity contribution >= 4 is 28.6 Å². The number of aryl methyl sites for hydroxylation is 1. The fraction of sp³-hybridized carbons (Fsp3) is 0.345. The van der Waals surface area contributed by atoms with Crippen LogP contribution >= 0.6 is 0 Å². The number of H-pyrrole nitrogens is 1. The quantitative estimate of drug-likeness (QED) is 0.321. The van der Waals surface area contributed by atoms with Crippen LogP contribution < -0.4 is 25.8 Å². The Bertz CT molecular complexity index is 1490. The number of urea groups is 1. The molecule has 10 heteroatoms. The lowest BCUT2D eigenvalue weighted by molar-refractivity contribution is 0.248. The van der Waals surface area contributed by atoms with E-state index in [1.807, 2.05) is 60.0 Å². The summed E-state index contributed by atoms with van der Waals surface area (Å²) in [6.45, 7) is 7.02. The Labute approximate surface area is 227 Å². The van der Waals surface area contributed by atoms with Crippen LogP contribution in [0.5, 0.6) is 5.75 Å². The average Bonchev–Trinajstić information content (AvgIpc) is 3.26. The number of unbranched alkanes of at least 4 members (excludes halogenated alkanes) is 1. The van der Waals surface area contributed by atoms with E-state index >= 15 is 0 Å². The first-order valence-electron chi connectivity index (χ1n) is 13.3. The van der Waals surface area contributed by atoms with Crippen LogP contribution in [0.15, 0.2) is 65.7 Å². The van der Waals surface area contributed by atoms with Crippen molar-refractivity contribution in [1.29, 1.82) is 0 Å². The number of para-hydroxylation sites is 3. The number of anilines is 2. The number of ether oxygens (including phenoxy) is 1. The van der Waals surface area contributed by atoms with E-state index in [4.69, 9.17) is 10.5 Å². The van der Waals surface area contributed by atoms with E-state index in [0.717, 1.165) is 62.7 Å². The number of primary amides is 1. The number of fused-ring (bicyclic) bond motifs is 1. The Balaban J connectivity index is 1.27. The number of benzene rings is 2. The molecule has 3 heterocycles. The Hall–Kier alpha value is -4.31. The van der Waals surface area contributed by atoms with Crippen molar-refractivity contribution in [3.63, 3.8) is 0 Å². The van der Waals surface area contributed by atoms with Crippen LogP contribution in [0.1, 0.15) is 18.4 Å². The summed E-state index contributed by atoms with van der Waals surface area (Å²) in [5.41, 5.74) is 8.77. The molecule has 0 atom stereocenters. The molecule has 1 aliphatic heterocycles. The SMILES string of the molecule is COc1ccccc1N1CCN(CCCCN(C(N)=O)c2c(C)c3c(=O)[nH]cnc3n2-c2ccccc2)CC1. The minimum atomic E-state index is -0.556. The third kappa shape index (κ3) is 5.33. The number of nitrogens with zero attached hydrogens (tertiary/aromatic N) is 5. The first-order chi connectivity index (χ1) is 19.0. The molecule has 39 heavy (non-hydrogen) atoms. The van der Waals surface area contributed by atoms with Crippen molar-refractivity contribution in [2.45, 2.75) is 19.8 Å². The van der Waals surface area contributed by atoms with Crippen LogP contribution in [0.2, 0.25) is 0 Å². The zero-order valence-electron chi connectivity index (χ0n) is 22.5. The molecule has 1 aliphatic rings. The van der Waals surface area contributed by atoms with Gasteiger partial charge in [-0.3, -0.25) is 19.2 Å². The zero-order chi connectivity index (χ0) is 27.4. The molecule has 0 unspecified atom stereocenters. The smallest absolute Gasteiger partial charge is 0.320 e. The standard InChI is InChI=1S/C29H35N7O3/c1-21-25-26(31-20-32-27(25)37)36(22-10-4-3-5-11-22)28(21)35(29(30)38)15-9-8-14-33-16-18-34(19-17-33)23-12-6-7-13-24(23)39-2/h3-7,10-13,20H,8-9,14-19H2,1-2H3,(H2,30,38)(H,31,32,37). The van der Waals surface area contributed by atoms with Gasteiger partial charge in [0.25, 0.3) is 5.56 Å². The molecule has 204 valence electrons. The third-order valence-electron chi connectivity index (χ3n) is 7.41. The summed E-state index contributed by atoms with van der Waals surface area (Å²) in [4.78, 5) is 38.9. The summed E-state index contributed by atoms with van der Waals surface area (Å²) in [7, 11) is 1.71. The molecule has 0 aliphatic carbocycles. The largest absolute Gasteiger partial charge is 0.495 e. The third-order valence-corrected chi connectivity index (χ3v) is 7.41. The lowest BCUT2D eigenvalue weighted by atomic mass is 10.2. The number of amides is 2. The Morgan fingerprint density at radius 3 is 2.49 bits per heavy atom. The molecule has 0 saturated carbocycles. The van der Waals surface area contributed by atoms with Crippen molar-refractivity contribution in [1.82, 2.24) is 19.4 Å². The van der Waals surface area contributed by atoms with Crippen molar-refractivity contribution in [2.75, 3.05) is 56.2 Å². The van der Waals surface area contributed by atoms with E-state index < -0.39 is 6.03 Å². The minimum Gasteiger partial charge on any atom is -0.495 e. The van der Waals surface area contributed by atoms with Crippen molar-refractivity contribution in [2.24, 2.45) is 5.73 Å². The highest BCUT2D eigenvalue weighted by Crippen LogP contribution is 2.33. The molecule has 0 bridgehead atoms. The molecule has 2 aromatic carbocycles. The van der Waals surface area contributed by atoms with E-state index in [2.05, 4.69) is 25.8 Å². The molecule has 3 N–H and O–H groups in total. The molecule has 5 rings (SSSR count). The van der Waals surface area contributed by atoms with Crippen LogP contribution in [0.25, 0.3) is 16.7 Å². The van der Waals surface area contributed by atoms with Gasteiger partial charge in [-0.05, 0) is 50.6 Å². The van der Waals surface area contributed by atoms with Gasteiger partial charge in [0.05, 0.1) is 24.5 Å². The summed E-state index contributed by atoms with van der Waals surface area (Å²) in [6.07, 6.45) is 3.08. The first kappa shape index (κ1) is 26.3. The highest BCUT2D eigenvalue weighted by Gasteiger charge is 2.26. The van der Waals surface area contributed by atoms with Gasteiger partial charge in [0, 0.05) is 44.0 Å². The molecule has 2 aromatic heterocycles. The molecule has 0 radical (unpaired) electrons. The van der Waals surface area contributed by atoms with E-state index in [9.17, 15) is 9.59 Å². The van der Waals surface area contributed by atoms with Crippen molar-refractivity contribution in [3.05, 3.63) is 76.8 Å². The van der Waals surface area contributed by atoms with Crippen molar-refractivity contribution < 1.29 is 9.53 Å². The normalized spacial score (nSPS) is 14.1. The van der Waals surface area contributed by atoms with Gasteiger partial charge in [-0.1, -0.05) is 30.3 Å². The van der Waals surface area contributed by atoms with Crippen LogP contribution in [0.3, 0.4) is 0 Å². The number of carbonyl (C=O) groups excluding carboxylic acids is 1. The topological polar surface area (TPSA) is 113 Å². The number of aromatic nitrogens is 3. The second-order valence-corrected chi connectivity index (χ2v) is 9.75. The minimum absolute atomic E-state index is 0.245. The Morgan fingerprint density at radius 2 is 1.77 bits per heavy atom. The van der Waals surface area contributed by atoms with E-state index in [-0.39, 0.29) is 5.56 Å². The highest BCUT2D eigenvalue weighted by molar-refractivity contribution is 5.97. The van der Waals surface area contributed by atoms with Crippen LogP contribution in [-0.2, 0) is 0 Å². The molecule has 0 spiro atoms. The molecule has 1 saturated heterocycles. The molecule has 4 aromatic rings. The van der Waals surface area contributed by atoms with Crippen LogP contribution in [0, 0.1) is 6.92 Å². The maximum absolute atomic E-state index is 12.7. The van der Waals surface area contributed by atoms with Crippen LogP contribution in [-0.4, -0.2) is 71.8 Å². The molecule has 2 amide bonds. The lowest BCUT2D eigenvalue weighted by Gasteiger charge is -2.36.